The maximum Gasteiger partial charge on any atom is 0.237 e. The molecule has 4 nitrogen and oxygen atoms in total. The van der Waals surface area contributed by atoms with Gasteiger partial charge in [0.15, 0.2) is 6.17 Å². The molecule has 1 aromatic rings. The molecule has 1 heterocycles. The lowest BCUT2D eigenvalue weighted by Gasteiger charge is -1.96. The molecule has 0 aliphatic heterocycles. The van der Waals surface area contributed by atoms with Gasteiger partial charge in [0, 0.05) is 0 Å². The van der Waals surface area contributed by atoms with E-state index in [9.17, 15) is 9.59 Å². The van der Waals surface area contributed by atoms with Crippen molar-refractivity contribution in [2.24, 2.45) is 9.98 Å². The average molecular weight is 180 g/mol. The zero-order chi connectivity index (χ0) is 8.81. The number of carbonyl (C=O) groups excluding carboxylic acids is 2. The number of hydrogen-bond acceptors (Lipinski definition) is 5. The minimum atomic E-state index is -0.764. The quantitative estimate of drug-likeness (QED) is 0.521. The Hall–Kier alpha value is -1.54. The van der Waals surface area contributed by atoms with Crippen molar-refractivity contribution in [2.75, 3.05) is 0 Å². The number of hydrogen-bond donors (Lipinski definition) is 0. The topological polar surface area (TPSA) is 58.9 Å². The molecule has 0 saturated carbocycles. The zero-order valence-electron chi connectivity index (χ0n) is 5.93. The molecule has 0 radical (unpaired) electrons. The van der Waals surface area contributed by atoms with Gasteiger partial charge in [0.25, 0.3) is 0 Å². The average Bonchev–Trinajstić information content (AvgIpc) is 2.56. The van der Waals surface area contributed by atoms with Crippen LogP contribution in [0, 0.1) is 0 Å². The van der Waals surface area contributed by atoms with E-state index in [1.807, 2.05) is 5.38 Å². The lowest BCUT2D eigenvalue weighted by Crippen LogP contribution is -1.85. The third kappa shape index (κ3) is 1.97. The molecule has 0 fully saturated rings. The van der Waals surface area contributed by atoms with E-state index in [0.717, 1.165) is 4.88 Å². The van der Waals surface area contributed by atoms with Gasteiger partial charge in [0.1, 0.15) is 0 Å². The predicted molar refractivity (Wildman–Crippen MR) is 43.3 cm³/mol. The summed E-state index contributed by atoms with van der Waals surface area (Å²) in [6, 6.07) is 3.52. The monoisotopic (exact) mass is 180 g/mol. The maximum atomic E-state index is 9.91. The molecule has 0 amide bonds. The lowest BCUT2D eigenvalue weighted by atomic mass is 10.4. The second-order valence-corrected chi connectivity index (χ2v) is 2.81. The number of thiophene rings is 1. The molecule has 0 aliphatic carbocycles. The molecule has 5 heteroatoms. The first kappa shape index (κ1) is 8.56. The molecule has 1 rings (SSSR count). The SMILES string of the molecule is O=C=NC(N=C=O)c1cccs1. The number of nitrogens with zero attached hydrogens (tertiary/aromatic N) is 2. The molecule has 12 heavy (non-hydrogen) atoms. The summed E-state index contributed by atoms with van der Waals surface area (Å²) < 4.78 is 0. The number of rotatable bonds is 3. The second-order valence-electron chi connectivity index (χ2n) is 1.83. The minimum absolute atomic E-state index is 0.724. The van der Waals surface area contributed by atoms with Crippen molar-refractivity contribution in [3.63, 3.8) is 0 Å². The molecular weight excluding hydrogens is 176 g/mol. The van der Waals surface area contributed by atoms with E-state index in [2.05, 4.69) is 9.98 Å². The van der Waals surface area contributed by atoms with Crippen LogP contribution in [0.1, 0.15) is 11.0 Å². The highest BCUT2D eigenvalue weighted by Crippen LogP contribution is 2.22. The Morgan fingerprint density at radius 2 is 2.00 bits per heavy atom. The van der Waals surface area contributed by atoms with E-state index >= 15 is 0 Å². The fourth-order valence-electron chi connectivity index (χ4n) is 0.694. The summed E-state index contributed by atoms with van der Waals surface area (Å²) in [6.45, 7) is 0. The van der Waals surface area contributed by atoms with Gasteiger partial charge in [0.2, 0.25) is 12.2 Å². The number of isocyanates is 2. The fraction of sp³-hybridized carbons (Fsp3) is 0.143. The standard InChI is InChI=1S/C7H4N2O2S/c10-4-8-7(9-5-11)6-2-1-3-12-6/h1-3,7H. The van der Waals surface area contributed by atoms with Crippen molar-refractivity contribution in [1.29, 1.82) is 0 Å². The summed E-state index contributed by atoms with van der Waals surface area (Å²) in [4.78, 5) is 27.2. The Morgan fingerprint density at radius 3 is 2.42 bits per heavy atom. The largest absolute Gasteiger partial charge is 0.237 e. The van der Waals surface area contributed by atoms with Crippen LogP contribution in [0.15, 0.2) is 27.5 Å². The van der Waals surface area contributed by atoms with Crippen molar-refractivity contribution < 1.29 is 9.59 Å². The Balaban J connectivity index is 2.94. The molecule has 0 saturated heterocycles. The van der Waals surface area contributed by atoms with Gasteiger partial charge < -0.3 is 0 Å². The van der Waals surface area contributed by atoms with Crippen LogP contribution in [0.4, 0.5) is 0 Å². The van der Waals surface area contributed by atoms with Crippen molar-refractivity contribution in [3.05, 3.63) is 22.4 Å². The Kier molecular flexibility index (Phi) is 3.11. The Morgan fingerprint density at radius 1 is 1.33 bits per heavy atom. The summed E-state index contributed by atoms with van der Waals surface area (Å²) in [5.41, 5.74) is 0. The highest BCUT2D eigenvalue weighted by Gasteiger charge is 2.07. The third-order valence-electron chi connectivity index (χ3n) is 1.15. The molecule has 0 aromatic carbocycles. The van der Waals surface area contributed by atoms with Gasteiger partial charge in [-0.05, 0) is 11.4 Å². The first-order chi connectivity index (χ1) is 5.88. The molecule has 0 aliphatic rings. The number of aliphatic imine (C=N–C) groups is 2. The first-order valence-electron chi connectivity index (χ1n) is 3.06. The smallest absolute Gasteiger partial charge is 0.211 e. The molecule has 0 atom stereocenters. The molecule has 0 spiro atoms. The highest BCUT2D eigenvalue weighted by molar-refractivity contribution is 7.10. The van der Waals surface area contributed by atoms with Crippen LogP contribution in [-0.2, 0) is 9.59 Å². The van der Waals surface area contributed by atoms with E-state index in [-0.39, 0.29) is 0 Å². The summed E-state index contributed by atoms with van der Waals surface area (Å²) in [5.74, 6) is 0. The summed E-state index contributed by atoms with van der Waals surface area (Å²) in [5, 5.41) is 1.81. The van der Waals surface area contributed by atoms with Gasteiger partial charge in [-0.1, -0.05) is 6.07 Å². The van der Waals surface area contributed by atoms with Gasteiger partial charge in [-0.2, -0.15) is 9.98 Å². The van der Waals surface area contributed by atoms with E-state index in [4.69, 9.17) is 0 Å². The van der Waals surface area contributed by atoms with E-state index in [0.29, 0.717) is 0 Å². The minimum Gasteiger partial charge on any atom is -0.211 e. The van der Waals surface area contributed by atoms with Crippen molar-refractivity contribution in [3.8, 4) is 0 Å². The fourth-order valence-corrected chi connectivity index (χ4v) is 1.39. The zero-order valence-corrected chi connectivity index (χ0v) is 6.75. The van der Waals surface area contributed by atoms with Crippen molar-refractivity contribution in [2.45, 2.75) is 6.17 Å². The summed E-state index contributed by atoms with van der Waals surface area (Å²) in [6.07, 6.45) is 1.94. The van der Waals surface area contributed by atoms with E-state index in [1.165, 1.54) is 23.5 Å². The first-order valence-corrected chi connectivity index (χ1v) is 3.94. The van der Waals surface area contributed by atoms with Crippen molar-refractivity contribution >= 4 is 23.5 Å². The maximum absolute atomic E-state index is 9.91. The van der Waals surface area contributed by atoms with Gasteiger partial charge >= 0.3 is 0 Å². The predicted octanol–water partition coefficient (Wildman–Crippen LogP) is 1.42. The van der Waals surface area contributed by atoms with Crippen molar-refractivity contribution in [1.82, 2.24) is 0 Å². The molecule has 0 bridgehead atoms. The van der Waals surface area contributed by atoms with E-state index < -0.39 is 6.17 Å². The van der Waals surface area contributed by atoms with Gasteiger partial charge in [-0.3, -0.25) is 0 Å². The Bertz CT molecular complexity index is 316. The van der Waals surface area contributed by atoms with Gasteiger partial charge in [-0.15, -0.1) is 11.3 Å². The summed E-state index contributed by atoms with van der Waals surface area (Å²) >= 11 is 1.37. The van der Waals surface area contributed by atoms with Crippen LogP contribution in [-0.4, -0.2) is 12.2 Å². The lowest BCUT2D eigenvalue weighted by molar-refractivity contribution is 0.552. The van der Waals surface area contributed by atoms with Gasteiger partial charge in [-0.25, -0.2) is 9.59 Å². The van der Waals surface area contributed by atoms with Crippen LogP contribution in [0.2, 0.25) is 0 Å². The highest BCUT2D eigenvalue weighted by atomic mass is 32.1. The normalized spacial score (nSPS) is 11.0. The Labute approximate surface area is 72.3 Å². The second kappa shape index (κ2) is 4.36. The molecule has 0 N–H and O–H groups in total. The van der Waals surface area contributed by atoms with Crippen LogP contribution in [0.3, 0.4) is 0 Å². The molecular formula is C7H4N2O2S. The van der Waals surface area contributed by atoms with Gasteiger partial charge in [0.05, 0.1) is 4.88 Å². The van der Waals surface area contributed by atoms with Crippen LogP contribution in [0.5, 0.6) is 0 Å². The van der Waals surface area contributed by atoms with Crippen LogP contribution in [0.25, 0.3) is 0 Å². The molecule has 1 aromatic heterocycles. The van der Waals surface area contributed by atoms with E-state index in [1.54, 1.807) is 12.1 Å². The van der Waals surface area contributed by atoms with Crippen LogP contribution < -0.4 is 0 Å². The van der Waals surface area contributed by atoms with Crippen LogP contribution >= 0.6 is 11.3 Å². The molecule has 0 unspecified atom stereocenters. The molecule has 60 valence electrons. The summed E-state index contributed by atoms with van der Waals surface area (Å²) in [7, 11) is 0. The third-order valence-corrected chi connectivity index (χ3v) is 2.06.